The first-order chi connectivity index (χ1) is 13.5. The second-order valence-corrected chi connectivity index (χ2v) is 6.76. The van der Waals surface area contributed by atoms with E-state index in [1.165, 1.54) is 11.1 Å². The molecule has 1 aromatic heterocycles. The molecular formula is C23H26N4O. The number of para-hydroxylation sites is 1. The fraction of sp³-hybridized carbons (Fsp3) is 0.261. The molecule has 3 aromatic rings. The van der Waals surface area contributed by atoms with E-state index in [9.17, 15) is 4.79 Å². The van der Waals surface area contributed by atoms with Crippen molar-refractivity contribution in [2.24, 2.45) is 0 Å². The standard InChI is InChI=1S/C23H26N4O/c1-5-17-8-7-9-18(6-2)22(17)26-21-14-15(3)24-23(27-21)25-20-12-10-19(11-13-20)16(4)28/h7-14H,5-6H2,1-4H3,(H2,24,25,26,27). The van der Waals surface area contributed by atoms with E-state index in [1.807, 2.05) is 25.1 Å². The number of rotatable bonds is 7. The summed E-state index contributed by atoms with van der Waals surface area (Å²) < 4.78 is 0. The monoisotopic (exact) mass is 374 g/mol. The number of benzene rings is 2. The number of nitrogens with zero attached hydrogens (tertiary/aromatic N) is 2. The summed E-state index contributed by atoms with van der Waals surface area (Å²) in [5, 5.41) is 6.72. The lowest BCUT2D eigenvalue weighted by atomic mass is 10.0. The van der Waals surface area contributed by atoms with Crippen LogP contribution in [-0.4, -0.2) is 15.8 Å². The number of hydrogen-bond acceptors (Lipinski definition) is 5. The molecule has 0 aliphatic rings. The molecule has 0 unspecified atom stereocenters. The minimum Gasteiger partial charge on any atom is -0.340 e. The molecule has 0 aliphatic heterocycles. The first-order valence-electron chi connectivity index (χ1n) is 9.61. The number of carbonyl (C=O) groups is 1. The molecule has 0 saturated carbocycles. The second kappa shape index (κ2) is 8.65. The maximum Gasteiger partial charge on any atom is 0.229 e. The van der Waals surface area contributed by atoms with Crippen molar-refractivity contribution in [2.75, 3.05) is 10.6 Å². The van der Waals surface area contributed by atoms with E-state index in [0.29, 0.717) is 11.5 Å². The molecule has 2 aromatic carbocycles. The predicted octanol–water partition coefficient (Wildman–Crippen LogP) is 5.60. The molecule has 0 aliphatic carbocycles. The molecule has 0 radical (unpaired) electrons. The van der Waals surface area contributed by atoms with Crippen molar-refractivity contribution in [1.29, 1.82) is 0 Å². The third-order valence-corrected chi connectivity index (χ3v) is 4.65. The molecule has 3 rings (SSSR count). The van der Waals surface area contributed by atoms with Gasteiger partial charge in [0, 0.05) is 28.7 Å². The van der Waals surface area contributed by atoms with Crippen LogP contribution in [0.5, 0.6) is 0 Å². The fourth-order valence-electron chi connectivity index (χ4n) is 3.14. The number of ketones is 1. The lowest BCUT2D eigenvalue weighted by Crippen LogP contribution is -2.05. The summed E-state index contributed by atoms with van der Waals surface area (Å²) in [7, 11) is 0. The van der Waals surface area contributed by atoms with E-state index in [4.69, 9.17) is 0 Å². The minimum absolute atomic E-state index is 0.0474. The van der Waals surface area contributed by atoms with E-state index in [0.717, 1.165) is 35.7 Å². The van der Waals surface area contributed by atoms with E-state index < -0.39 is 0 Å². The fourth-order valence-corrected chi connectivity index (χ4v) is 3.14. The molecule has 144 valence electrons. The van der Waals surface area contributed by atoms with Gasteiger partial charge in [0.05, 0.1) is 0 Å². The van der Waals surface area contributed by atoms with Crippen LogP contribution in [0.15, 0.2) is 48.5 Å². The van der Waals surface area contributed by atoms with Crippen molar-refractivity contribution >= 4 is 28.9 Å². The Labute approximate surface area is 166 Å². The summed E-state index contributed by atoms with van der Waals surface area (Å²) in [5.41, 5.74) is 6.05. The molecular weight excluding hydrogens is 348 g/mol. The van der Waals surface area contributed by atoms with Gasteiger partial charge in [-0.2, -0.15) is 4.98 Å². The summed E-state index contributed by atoms with van der Waals surface area (Å²) in [4.78, 5) is 20.5. The summed E-state index contributed by atoms with van der Waals surface area (Å²) in [5.74, 6) is 1.32. The zero-order valence-corrected chi connectivity index (χ0v) is 16.8. The zero-order valence-electron chi connectivity index (χ0n) is 16.8. The van der Waals surface area contributed by atoms with Crippen LogP contribution in [0.4, 0.5) is 23.1 Å². The highest BCUT2D eigenvalue weighted by atomic mass is 16.1. The average molecular weight is 374 g/mol. The topological polar surface area (TPSA) is 66.9 Å². The first kappa shape index (κ1) is 19.5. The van der Waals surface area contributed by atoms with Crippen LogP contribution in [0.25, 0.3) is 0 Å². The normalized spacial score (nSPS) is 10.6. The van der Waals surface area contributed by atoms with Gasteiger partial charge < -0.3 is 10.6 Å². The number of anilines is 4. The van der Waals surface area contributed by atoms with Crippen LogP contribution in [0.3, 0.4) is 0 Å². The number of Topliss-reactive ketones (excluding diaryl/α,β-unsaturated/α-hetero) is 1. The lowest BCUT2D eigenvalue weighted by molar-refractivity contribution is 0.101. The molecule has 0 spiro atoms. The molecule has 0 atom stereocenters. The van der Waals surface area contributed by atoms with E-state index >= 15 is 0 Å². The molecule has 5 nitrogen and oxygen atoms in total. The molecule has 0 amide bonds. The summed E-state index contributed by atoms with van der Waals surface area (Å²) in [6.07, 6.45) is 1.90. The minimum atomic E-state index is 0.0474. The SMILES string of the molecule is CCc1cccc(CC)c1Nc1cc(C)nc(Nc2ccc(C(C)=O)cc2)n1. The largest absolute Gasteiger partial charge is 0.340 e. The van der Waals surface area contributed by atoms with Crippen LogP contribution >= 0.6 is 0 Å². The van der Waals surface area contributed by atoms with Gasteiger partial charge in [0.2, 0.25) is 5.95 Å². The van der Waals surface area contributed by atoms with E-state index in [1.54, 1.807) is 19.1 Å². The van der Waals surface area contributed by atoms with Gasteiger partial charge in [-0.25, -0.2) is 4.98 Å². The molecule has 0 bridgehead atoms. The molecule has 1 heterocycles. The number of aromatic nitrogens is 2. The van der Waals surface area contributed by atoms with E-state index in [-0.39, 0.29) is 5.78 Å². The molecule has 0 fully saturated rings. The summed E-state index contributed by atoms with van der Waals surface area (Å²) in [6.45, 7) is 7.82. The lowest BCUT2D eigenvalue weighted by Gasteiger charge is -2.16. The number of nitrogens with one attached hydrogen (secondary N) is 2. The Morgan fingerprint density at radius 2 is 1.57 bits per heavy atom. The van der Waals surface area contributed by atoms with Gasteiger partial charge in [0.25, 0.3) is 0 Å². The van der Waals surface area contributed by atoms with Gasteiger partial charge in [-0.3, -0.25) is 4.79 Å². The van der Waals surface area contributed by atoms with Crippen LogP contribution in [0.2, 0.25) is 0 Å². The molecule has 0 saturated heterocycles. The van der Waals surface area contributed by atoms with Crippen LogP contribution in [0, 0.1) is 6.92 Å². The number of carbonyl (C=O) groups excluding carboxylic acids is 1. The zero-order chi connectivity index (χ0) is 20.1. The maximum absolute atomic E-state index is 11.4. The van der Waals surface area contributed by atoms with Crippen LogP contribution < -0.4 is 10.6 Å². The third kappa shape index (κ3) is 4.55. The van der Waals surface area contributed by atoms with E-state index in [2.05, 4.69) is 52.6 Å². The smallest absolute Gasteiger partial charge is 0.229 e. The van der Waals surface area contributed by atoms with Gasteiger partial charge in [0.15, 0.2) is 5.78 Å². The maximum atomic E-state index is 11.4. The first-order valence-corrected chi connectivity index (χ1v) is 9.61. The Kier molecular flexibility index (Phi) is 6.04. The van der Waals surface area contributed by atoms with Crippen LogP contribution in [0.1, 0.15) is 48.0 Å². The quantitative estimate of drug-likeness (QED) is 0.527. The Morgan fingerprint density at radius 1 is 0.929 bits per heavy atom. The number of aryl methyl sites for hydroxylation is 3. The van der Waals surface area contributed by atoms with Crippen LogP contribution in [-0.2, 0) is 12.8 Å². The Bertz CT molecular complexity index is 958. The Morgan fingerprint density at radius 3 is 2.14 bits per heavy atom. The highest BCUT2D eigenvalue weighted by Crippen LogP contribution is 2.27. The third-order valence-electron chi connectivity index (χ3n) is 4.65. The highest BCUT2D eigenvalue weighted by Gasteiger charge is 2.09. The van der Waals surface area contributed by atoms with Gasteiger partial charge in [0.1, 0.15) is 5.82 Å². The second-order valence-electron chi connectivity index (χ2n) is 6.76. The van der Waals surface area contributed by atoms with Crippen molar-refractivity contribution in [3.8, 4) is 0 Å². The van der Waals surface area contributed by atoms with Crippen molar-refractivity contribution in [3.05, 3.63) is 70.9 Å². The highest BCUT2D eigenvalue weighted by molar-refractivity contribution is 5.94. The van der Waals surface area contributed by atoms with Crippen molar-refractivity contribution in [2.45, 2.75) is 40.5 Å². The van der Waals surface area contributed by atoms with Crippen molar-refractivity contribution in [3.63, 3.8) is 0 Å². The molecule has 28 heavy (non-hydrogen) atoms. The van der Waals surface area contributed by atoms with Gasteiger partial charge in [-0.15, -0.1) is 0 Å². The molecule has 2 N–H and O–H groups in total. The van der Waals surface area contributed by atoms with Crippen molar-refractivity contribution in [1.82, 2.24) is 9.97 Å². The van der Waals surface area contributed by atoms with Gasteiger partial charge in [-0.05, 0) is 62.1 Å². The predicted molar refractivity (Wildman–Crippen MR) is 115 cm³/mol. The van der Waals surface area contributed by atoms with Gasteiger partial charge >= 0.3 is 0 Å². The van der Waals surface area contributed by atoms with Gasteiger partial charge in [-0.1, -0.05) is 32.0 Å². The average Bonchev–Trinajstić information content (AvgIpc) is 2.68. The number of hydrogen-bond donors (Lipinski definition) is 2. The Hall–Kier alpha value is -3.21. The Balaban J connectivity index is 1.87. The summed E-state index contributed by atoms with van der Waals surface area (Å²) >= 11 is 0. The van der Waals surface area contributed by atoms with Crippen molar-refractivity contribution < 1.29 is 4.79 Å². The molecule has 5 heteroatoms. The summed E-state index contributed by atoms with van der Waals surface area (Å²) in [6, 6.07) is 15.6.